The van der Waals surface area contributed by atoms with E-state index in [1.807, 2.05) is 42.2 Å². The lowest BCUT2D eigenvalue weighted by Gasteiger charge is -2.41. The number of aryl methyl sites for hydroxylation is 1. The SMILES string of the molecule is Cc1cc(C[C@@H](OC(=O)N2CCC(n3c(=O)[nH]c4c5ccccc5ncc43)CC2)C(=O)N2CCN(C3CCNCC3)CC2)cc(Cl)c1N. The van der Waals surface area contributed by atoms with E-state index in [9.17, 15) is 14.4 Å². The number of nitrogens with one attached hydrogen (secondary N) is 2. The minimum Gasteiger partial charge on any atom is -0.436 e. The summed E-state index contributed by atoms with van der Waals surface area (Å²) < 4.78 is 7.81. The summed E-state index contributed by atoms with van der Waals surface area (Å²) in [5.41, 5.74) is 10.3. The Morgan fingerprint density at radius 2 is 1.73 bits per heavy atom. The number of carbonyl (C=O) groups is 2. The fourth-order valence-electron chi connectivity index (χ4n) is 7.61. The lowest BCUT2D eigenvalue weighted by Crippen LogP contribution is -2.56. The zero-order valence-electron chi connectivity index (χ0n) is 27.3. The smallest absolute Gasteiger partial charge is 0.410 e. The van der Waals surface area contributed by atoms with Crippen molar-refractivity contribution in [3.05, 3.63) is 69.2 Å². The van der Waals surface area contributed by atoms with E-state index in [4.69, 9.17) is 22.1 Å². The first kappa shape index (κ1) is 32.4. The summed E-state index contributed by atoms with van der Waals surface area (Å²) in [6, 6.07) is 11.8. The molecule has 0 unspecified atom stereocenters. The van der Waals surface area contributed by atoms with Crippen LogP contribution in [-0.4, -0.2) is 106 Å². The van der Waals surface area contributed by atoms with Gasteiger partial charge in [-0.25, -0.2) is 9.59 Å². The van der Waals surface area contributed by atoms with Gasteiger partial charge in [-0.1, -0.05) is 35.9 Å². The van der Waals surface area contributed by atoms with Gasteiger partial charge in [0.2, 0.25) is 0 Å². The average Bonchev–Trinajstić information content (AvgIpc) is 3.46. The van der Waals surface area contributed by atoms with Gasteiger partial charge in [-0.3, -0.25) is 19.2 Å². The number of hydrogen-bond donors (Lipinski definition) is 3. The highest BCUT2D eigenvalue weighted by Crippen LogP contribution is 2.29. The normalized spacial score (nSPS) is 19.2. The van der Waals surface area contributed by atoms with Gasteiger partial charge in [0.25, 0.3) is 5.91 Å². The molecular weight excluding hydrogens is 632 g/mol. The first-order chi connectivity index (χ1) is 23.3. The Balaban J connectivity index is 1.04. The number of nitrogen functional groups attached to an aromatic ring is 1. The van der Waals surface area contributed by atoms with Crippen LogP contribution in [0.3, 0.4) is 0 Å². The van der Waals surface area contributed by atoms with E-state index in [1.165, 1.54) is 0 Å². The van der Waals surface area contributed by atoms with Crippen molar-refractivity contribution >= 4 is 51.2 Å². The van der Waals surface area contributed by atoms with E-state index in [0.717, 1.165) is 72.1 Å². The molecule has 7 rings (SSSR count). The summed E-state index contributed by atoms with van der Waals surface area (Å²) in [6.45, 7) is 7.49. The van der Waals surface area contributed by atoms with Crippen LogP contribution in [0.15, 0.2) is 47.4 Å². The molecule has 0 bridgehead atoms. The molecule has 2 aromatic heterocycles. The maximum Gasteiger partial charge on any atom is 0.410 e. The maximum atomic E-state index is 14.0. The van der Waals surface area contributed by atoms with Crippen molar-refractivity contribution in [3.8, 4) is 0 Å². The third-order valence-electron chi connectivity index (χ3n) is 10.3. The van der Waals surface area contributed by atoms with Crippen LogP contribution < -0.4 is 16.7 Å². The third kappa shape index (κ3) is 6.48. The molecule has 0 saturated carbocycles. The number of H-pyrrole nitrogens is 1. The molecule has 4 aromatic rings. The minimum absolute atomic E-state index is 0.105. The second-order valence-electron chi connectivity index (χ2n) is 13.3. The molecule has 4 N–H and O–H groups in total. The Kier molecular flexibility index (Phi) is 9.30. The summed E-state index contributed by atoms with van der Waals surface area (Å²) in [6.07, 6.45) is 3.77. The van der Waals surface area contributed by atoms with Crippen molar-refractivity contribution < 1.29 is 14.3 Å². The number of carbonyl (C=O) groups excluding carboxylic acids is 2. The number of ether oxygens (including phenoxy) is 1. The Hall–Kier alpha value is -4.13. The topological polar surface area (TPSA) is 142 Å². The zero-order chi connectivity index (χ0) is 33.4. The minimum atomic E-state index is -1.00. The van der Waals surface area contributed by atoms with Crippen molar-refractivity contribution in [2.75, 3.05) is 58.1 Å². The van der Waals surface area contributed by atoms with E-state index in [2.05, 4.69) is 20.2 Å². The number of fused-ring (bicyclic) bond motifs is 3. The van der Waals surface area contributed by atoms with E-state index in [-0.39, 0.29) is 24.1 Å². The van der Waals surface area contributed by atoms with Gasteiger partial charge in [0, 0.05) is 63.2 Å². The number of piperazine rings is 1. The van der Waals surface area contributed by atoms with Crippen molar-refractivity contribution in [1.82, 2.24) is 34.6 Å². The standard InChI is InChI=1S/C35H43ClN8O4/c1-22-18-23(19-27(36)31(22)37)20-30(33(45)42-16-14-41(15-17-42)24-6-10-38-11-7-24)48-35(47)43-12-8-25(9-13-43)44-29-21-39-28-5-3-2-4-26(28)32(29)40-34(44)46/h2-5,18-19,21,24-25,30,38H,6-17,20,37H2,1H3,(H,40,46)/t30-/m1/s1. The highest BCUT2D eigenvalue weighted by atomic mass is 35.5. The predicted octanol–water partition coefficient (Wildman–Crippen LogP) is 3.70. The number of aromatic amines is 1. The first-order valence-electron chi connectivity index (χ1n) is 17.0. The Bertz CT molecular complexity index is 1850. The fourth-order valence-corrected chi connectivity index (χ4v) is 7.90. The van der Waals surface area contributed by atoms with E-state index < -0.39 is 12.2 Å². The van der Waals surface area contributed by atoms with Crippen LogP contribution in [0.1, 0.15) is 42.9 Å². The Morgan fingerprint density at radius 3 is 2.46 bits per heavy atom. The highest BCUT2D eigenvalue weighted by Gasteiger charge is 2.35. The largest absolute Gasteiger partial charge is 0.436 e. The molecule has 3 fully saturated rings. The molecule has 2 amide bonds. The van der Waals surface area contributed by atoms with Crippen molar-refractivity contribution in [2.24, 2.45) is 0 Å². The number of nitrogens with two attached hydrogens (primary N) is 1. The Morgan fingerprint density at radius 1 is 1.00 bits per heavy atom. The third-order valence-corrected chi connectivity index (χ3v) is 10.7. The van der Waals surface area contributed by atoms with Gasteiger partial charge in [0.05, 0.1) is 33.5 Å². The first-order valence-corrected chi connectivity index (χ1v) is 17.4. The average molecular weight is 675 g/mol. The van der Waals surface area contributed by atoms with Crippen molar-refractivity contribution in [1.29, 1.82) is 0 Å². The second-order valence-corrected chi connectivity index (χ2v) is 13.7. The quantitative estimate of drug-likeness (QED) is 0.263. The lowest BCUT2D eigenvalue weighted by atomic mass is 10.0. The number of halogens is 1. The molecule has 5 heterocycles. The van der Waals surface area contributed by atoms with E-state index >= 15 is 0 Å². The summed E-state index contributed by atoms with van der Waals surface area (Å²) in [5.74, 6) is -0.195. The summed E-state index contributed by atoms with van der Waals surface area (Å²) in [5, 5.41) is 4.73. The summed E-state index contributed by atoms with van der Waals surface area (Å²) in [4.78, 5) is 54.3. The molecule has 0 radical (unpaired) electrons. The van der Waals surface area contributed by atoms with E-state index in [0.29, 0.717) is 55.8 Å². The number of aromatic nitrogens is 3. The van der Waals surface area contributed by atoms with Crippen LogP contribution in [0.5, 0.6) is 0 Å². The number of likely N-dealkylation sites (tertiary alicyclic amines) is 1. The Labute approximate surface area is 284 Å². The van der Waals surface area contributed by atoms with Gasteiger partial charge in [-0.2, -0.15) is 0 Å². The predicted molar refractivity (Wildman–Crippen MR) is 186 cm³/mol. The number of anilines is 1. The number of piperidine rings is 2. The fraction of sp³-hybridized carbons (Fsp3) is 0.486. The van der Waals surface area contributed by atoms with Crippen LogP contribution in [0.2, 0.25) is 5.02 Å². The number of imidazole rings is 1. The van der Waals surface area contributed by atoms with Gasteiger partial charge in [-0.05, 0) is 69.0 Å². The van der Waals surface area contributed by atoms with Crippen molar-refractivity contribution in [3.63, 3.8) is 0 Å². The van der Waals surface area contributed by atoms with Crippen LogP contribution in [0.25, 0.3) is 21.9 Å². The molecule has 3 saturated heterocycles. The molecule has 3 aliphatic rings. The number of para-hydroxylation sites is 1. The van der Waals surface area contributed by atoms with Crippen LogP contribution >= 0.6 is 11.6 Å². The molecule has 0 aliphatic carbocycles. The summed E-state index contributed by atoms with van der Waals surface area (Å²) in [7, 11) is 0. The molecule has 13 heteroatoms. The van der Waals surface area contributed by atoms with Crippen LogP contribution in [-0.2, 0) is 16.0 Å². The molecular formula is C35H43ClN8O4. The number of rotatable bonds is 6. The number of amides is 2. The number of nitrogens with zero attached hydrogens (tertiary/aromatic N) is 5. The zero-order valence-corrected chi connectivity index (χ0v) is 28.0. The van der Waals surface area contributed by atoms with Gasteiger partial charge >= 0.3 is 11.8 Å². The van der Waals surface area contributed by atoms with Gasteiger partial charge in [0.1, 0.15) is 0 Å². The molecule has 3 aliphatic heterocycles. The monoisotopic (exact) mass is 674 g/mol. The van der Waals surface area contributed by atoms with Gasteiger partial charge in [-0.15, -0.1) is 0 Å². The number of benzene rings is 2. The number of pyridine rings is 1. The molecule has 48 heavy (non-hydrogen) atoms. The number of hydrogen-bond acceptors (Lipinski definition) is 8. The maximum absolute atomic E-state index is 14.0. The molecule has 1 atom stereocenters. The molecule has 0 spiro atoms. The summed E-state index contributed by atoms with van der Waals surface area (Å²) >= 11 is 6.40. The van der Waals surface area contributed by atoms with Crippen molar-refractivity contribution in [2.45, 2.75) is 57.2 Å². The molecule has 254 valence electrons. The van der Waals surface area contributed by atoms with Gasteiger partial charge in [0.15, 0.2) is 6.10 Å². The van der Waals surface area contributed by atoms with Gasteiger partial charge < -0.3 is 30.6 Å². The van der Waals surface area contributed by atoms with Crippen LogP contribution in [0, 0.1) is 6.92 Å². The second kappa shape index (κ2) is 13.8. The molecule has 2 aromatic carbocycles. The highest BCUT2D eigenvalue weighted by molar-refractivity contribution is 6.33. The van der Waals surface area contributed by atoms with E-state index in [1.54, 1.807) is 21.7 Å². The molecule has 12 nitrogen and oxygen atoms in total. The lowest BCUT2D eigenvalue weighted by molar-refractivity contribution is -0.143. The van der Waals surface area contributed by atoms with Crippen LogP contribution in [0.4, 0.5) is 10.5 Å².